The van der Waals surface area contributed by atoms with E-state index in [-0.39, 0.29) is 24.0 Å². The first-order valence-electron chi connectivity index (χ1n) is 8.16. The molecule has 0 radical (unpaired) electrons. The van der Waals surface area contributed by atoms with Crippen molar-refractivity contribution in [2.45, 2.75) is 13.0 Å². The molecule has 0 aliphatic carbocycles. The van der Waals surface area contributed by atoms with Gasteiger partial charge in [0.05, 0.1) is 7.11 Å². The van der Waals surface area contributed by atoms with E-state index < -0.39 is 0 Å². The maximum Gasteiger partial charge on any atom is 0.191 e. The van der Waals surface area contributed by atoms with Crippen LogP contribution in [0.25, 0.3) is 5.65 Å². The van der Waals surface area contributed by atoms with Crippen LogP contribution in [0.15, 0.2) is 53.7 Å². The lowest BCUT2D eigenvalue weighted by Gasteiger charge is -2.12. The van der Waals surface area contributed by atoms with Crippen molar-refractivity contribution in [1.29, 1.82) is 0 Å². The van der Waals surface area contributed by atoms with Gasteiger partial charge >= 0.3 is 0 Å². The number of halogens is 1. The Hall–Kier alpha value is -2.36. The third kappa shape index (κ3) is 5.07. The number of hydrogen-bond donors (Lipinski definition) is 2. The number of fused-ring (bicyclic) bond motifs is 1. The van der Waals surface area contributed by atoms with Crippen molar-refractivity contribution in [2.24, 2.45) is 4.99 Å². The van der Waals surface area contributed by atoms with Crippen LogP contribution in [0.2, 0.25) is 0 Å². The topological polar surface area (TPSA) is 75.8 Å². The van der Waals surface area contributed by atoms with Crippen LogP contribution >= 0.6 is 24.0 Å². The minimum Gasteiger partial charge on any atom is -0.497 e. The number of benzene rings is 1. The maximum absolute atomic E-state index is 5.24. The molecule has 1 aromatic carbocycles. The number of aromatic nitrogens is 3. The average molecular weight is 466 g/mol. The van der Waals surface area contributed by atoms with Crippen molar-refractivity contribution in [2.75, 3.05) is 20.7 Å². The van der Waals surface area contributed by atoms with E-state index in [1.165, 1.54) is 0 Å². The average Bonchev–Trinajstić information content (AvgIpc) is 3.08. The zero-order chi connectivity index (χ0) is 17.5. The second-order valence-corrected chi connectivity index (χ2v) is 5.50. The highest BCUT2D eigenvalue weighted by Crippen LogP contribution is 2.12. The highest BCUT2D eigenvalue weighted by atomic mass is 127. The summed E-state index contributed by atoms with van der Waals surface area (Å²) < 4.78 is 7.23. The molecular weight excluding hydrogens is 443 g/mol. The molecule has 0 fully saturated rings. The second-order valence-electron chi connectivity index (χ2n) is 5.50. The summed E-state index contributed by atoms with van der Waals surface area (Å²) in [6.07, 6.45) is 2.73. The molecule has 7 nitrogen and oxygen atoms in total. The Labute approximate surface area is 169 Å². The maximum atomic E-state index is 5.24. The van der Waals surface area contributed by atoms with E-state index >= 15 is 0 Å². The van der Waals surface area contributed by atoms with Crippen molar-refractivity contribution in [3.05, 3.63) is 60.0 Å². The third-order valence-electron chi connectivity index (χ3n) is 3.84. The molecule has 0 spiro atoms. The Morgan fingerprint density at radius 3 is 2.85 bits per heavy atom. The van der Waals surface area contributed by atoms with Crippen molar-refractivity contribution in [3.8, 4) is 5.75 Å². The summed E-state index contributed by atoms with van der Waals surface area (Å²) in [7, 11) is 3.43. The number of nitrogens with zero attached hydrogens (tertiary/aromatic N) is 4. The van der Waals surface area contributed by atoms with Gasteiger partial charge in [0, 0.05) is 32.8 Å². The quantitative estimate of drug-likeness (QED) is 0.331. The normalized spacial score (nSPS) is 11.1. The molecule has 138 valence electrons. The molecule has 3 rings (SSSR count). The summed E-state index contributed by atoms with van der Waals surface area (Å²) in [6, 6.07) is 13.8. The van der Waals surface area contributed by atoms with E-state index in [2.05, 4.69) is 25.8 Å². The number of ether oxygens (including phenoxy) is 1. The molecule has 8 heteroatoms. The highest BCUT2D eigenvalue weighted by molar-refractivity contribution is 14.0. The number of rotatable bonds is 6. The van der Waals surface area contributed by atoms with Crippen molar-refractivity contribution < 1.29 is 4.74 Å². The number of hydrogen-bond acceptors (Lipinski definition) is 4. The van der Waals surface area contributed by atoms with Gasteiger partial charge in [0.25, 0.3) is 0 Å². The van der Waals surface area contributed by atoms with Crippen LogP contribution in [-0.4, -0.2) is 41.3 Å². The molecule has 0 aliphatic rings. The predicted molar refractivity (Wildman–Crippen MR) is 113 cm³/mol. The standard InChI is InChI=1S/C18H22N6O.HI/c1-19-18(21-13-14-6-5-7-15(12-14)25-2)20-10-9-17-23-22-16-8-3-4-11-24(16)17;/h3-8,11-12H,9-10,13H2,1-2H3,(H2,19,20,21);1H. The molecule has 2 heterocycles. The lowest BCUT2D eigenvalue weighted by Crippen LogP contribution is -2.38. The largest absolute Gasteiger partial charge is 0.497 e. The van der Waals surface area contributed by atoms with Gasteiger partial charge in [0.2, 0.25) is 0 Å². The first-order valence-corrected chi connectivity index (χ1v) is 8.16. The lowest BCUT2D eigenvalue weighted by molar-refractivity contribution is 0.414. The van der Waals surface area contributed by atoms with Crippen LogP contribution < -0.4 is 15.4 Å². The Bertz CT molecular complexity index is 864. The first-order chi connectivity index (χ1) is 12.3. The zero-order valence-corrected chi connectivity index (χ0v) is 17.2. The molecule has 0 amide bonds. The fourth-order valence-electron chi connectivity index (χ4n) is 2.54. The molecule has 2 N–H and O–H groups in total. The summed E-state index contributed by atoms with van der Waals surface area (Å²) in [4.78, 5) is 4.25. The van der Waals surface area contributed by atoms with Crippen LogP contribution in [0.5, 0.6) is 5.75 Å². The van der Waals surface area contributed by atoms with E-state index in [4.69, 9.17) is 4.74 Å². The van der Waals surface area contributed by atoms with Gasteiger partial charge in [-0.25, -0.2) is 0 Å². The van der Waals surface area contributed by atoms with Crippen LogP contribution in [-0.2, 0) is 13.0 Å². The van der Waals surface area contributed by atoms with Crippen LogP contribution in [0.1, 0.15) is 11.4 Å². The molecule has 26 heavy (non-hydrogen) atoms. The van der Waals surface area contributed by atoms with Crippen molar-refractivity contribution >= 4 is 35.6 Å². The van der Waals surface area contributed by atoms with E-state index in [1.54, 1.807) is 14.2 Å². The van der Waals surface area contributed by atoms with Gasteiger partial charge in [0.15, 0.2) is 11.6 Å². The van der Waals surface area contributed by atoms with Gasteiger partial charge in [-0.15, -0.1) is 34.2 Å². The molecule has 0 unspecified atom stereocenters. The van der Waals surface area contributed by atoms with Gasteiger partial charge in [-0.1, -0.05) is 18.2 Å². The highest BCUT2D eigenvalue weighted by Gasteiger charge is 2.05. The summed E-state index contributed by atoms with van der Waals surface area (Å²) in [5, 5.41) is 15.0. The molecular formula is C18H23IN6O. The van der Waals surface area contributed by atoms with E-state index in [0.29, 0.717) is 13.1 Å². The Morgan fingerprint density at radius 2 is 2.04 bits per heavy atom. The number of aliphatic imine (C=N–C) groups is 1. The Morgan fingerprint density at radius 1 is 1.15 bits per heavy atom. The van der Waals surface area contributed by atoms with Crippen molar-refractivity contribution in [3.63, 3.8) is 0 Å². The fourth-order valence-corrected chi connectivity index (χ4v) is 2.54. The first kappa shape index (κ1) is 20.0. The molecule has 0 atom stereocenters. The third-order valence-corrected chi connectivity index (χ3v) is 3.84. The number of nitrogens with one attached hydrogen (secondary N) is 2. The van der Waals surface area contributed by atoms with E-state index in [0.717, 1.165) is 35.2 Å². The van der Waals surface area contributed by atoms with Gasteiger partial charge in [-0.05, 0) is 29.8 Å². The summed E-state index contributed by atoms with van der Waals surface area (Å²) in [6.45, 7) is 1.39. The number of methoxy groups -OCH3 is 1. The van der Waals surface area contributed by atoms with Gasteiger partial charge in [-0.3, -0.25) is 9.39 Å². The van der Waals surface area contributed by atoms with Gasteiger partial charge in [-0.2, -0.15) is 0 Å². The molecule has 0 saturated carbocycles. The lowest BCUT2D eigenvalue weighted by atomic mass is 10.2. The molecule has 0 aliphatic heterocycles. The summed E-state index contributed by atoms with van der Waals surface area (Å²) in [5.41, 5.74) is 1.99. The SMILES string of the molecule is CN=C(NCCc1nnc2ccccn12)NCc1cccc(OC)c1.I. The van der Waals surface area contributed by atoms with Gasteiger partial charge < -0.3 is 15.4 Å². The Balaban J connectivity index is 0.00000243. The summed E-state index contributed by atoms with van der Waals surface area (Å²) >= 11 is 0. The number of guanidine groups is 1. The van der Waals surface area contributed by atoms with Crippen LogP contribution in [0.3, 0.4) is 0 Å². The fraction of sp³-hybridized carbons (Fsp3) is 0.278. The molecule has 0 bridgehead atoms. The molecule has 0 saturated heterocycles. The monoisotopic (exact) mass is 466 g/mol. The smallest absolute Gasteiger partial charge is 0.191 e. The van der Waals surface area contributed by atoms with Crippen LogP contribution in [0.4, 0.5) is 0 Å². The predicted octanol–water partition coefficient (Wildman–Crippen LogP) is 2.26. The molecule has 3 aromatic rings. The van der Waals surface area contributed by atoms with Crippen molar-refractivity contribution in [1.82, 2.24) is 25.2 Å². The van der Waals surface area contributed by atoms with Gasteiger partial charge in [0.1, 0.15) is 11.6 Å². The molecule has 2 aromatic heterocycles. The van der Waals surface area contributed by atoms with E-state index in [1.807, 2.05) is 53.1 Å². The second kappa shape index (κ2) is 9.95. The van der Waals surface area contributed by atoms with E-state index in [9.17, 15) is 0 Å². The number of pyridine rings is 1. The Kier molecular flexibility index (Phi) is 7.64. The summed E-state index contributed by atoms with van der Waals surface area (Å²) in [5.74, 6) is 2.52. The zero-order valence-electron chi connectivity index (χ0n) is 14.8. The van der Waals surface area contributed by atoms with Crippen LogP contribution in [0, 0.1) is 0 Å². The minimum atomic E-state index is 0. The minimum absolute atomic E-state index is 0.